The summed E-state index contributed by atoms with van der Waals surface area (Å²) in [4.78, 5) is 12.2. The Kier molecular flexibility index (Phi) is 8.01. The first-order valence-electron chi connectivity index (χ1n) is 8.21. The average Bonchev–Trinajstić information content (AvgIpc) is 3.07. The highest BCUT2D eigenvalue weighted by Crippen LogP contribution is 2.25. The van der Waals surface area contributed by atoms with E-state index in [4.69, 9.17) is 0 Å². The zero-order valence-corrected chi connectivity index (χ0v) is 17.2. The molecule has 1 amide bonds. The molecule has 2 aromatic rings. The van der Waals surface area contributed by atoms with Gasteiger partial charge in [0.15, 0.2) is 4.34 Å². The van der Waals surface area contributed by atoms with Crippen LogP contribution in [0.25, 0.3) is 0 Å². The van der Waals surface area contributed by atoms with Crippen LogP contribution in [0.3, 0.4) is 0 Å². The van der Waals surface area contributed by atoms with Gasteiger partial charge >= 0.3 is 0 Å². The number of carbonyl (C=O) groups is 1. The first-order valence-corrected chi connectivity index (χ1v) is 11.4. The van der Waals surface area contributed by atoms with Crippen LogP contribution in [0.5, 0.6) is 0 Å². The molecule has 1 aromatic heterocycles. The van der Waals surface area contributed by atoms with Gasteiger partial charge in [-0.2, -0.15) is 0 Å². The van der Waals surface area contributed by atoms with Crippen molar-refractivity contribution in [1.29, 1.82) is 0 Å². The van der Waals surface area contributed by atoms with Crippen LogP contribution in [0.15, 0.2) is 39.6 Å². The van der Waals surface area contributed by atoms with E-state index in [1.54, 1.807) is 42.1 Å². The van der Waals surface area contributed by atoms with E-state index >= 15 is 0 Å². The van der Waals surface area contributed by atoms with Crippen molar-refractivity contribution in [3.63, 3.8) is 0 Å². The fraction of sp³-hybridized carbons (Fsp3) is 0.438. The molecule has 1 heterocycles. The second kappa shape index (κ2) is 10.0. The zero-order chi connectivity index (χ0) is 19.0. The van der Waals surface area contributed by atoms with Gasteiger partial charge < -0.3 is 5.32 Å². The second-order valence-corrected chi connectivity index (χ2v) is 9.88. The number of carbonyl (C=O) groups excluding carboxylic acids is 1. The van der Waals surface area contributed by atoms with Crippen molar-refractivity contribution in [3.05, 3.63) is 30.3 Å². The van der Waals surface area contributed by atoms with Crippen molar-refractivity contribution in [2.24, 2.45) is 0 Å². The minimum atomic E-state index is -3.52. The molecule has 0 atom stereocenters. The number of hydrogen-bond donors (Lipinski definition) is 1. The van der Waals surface area contributed by atoms with E-state index in [0.29, 0.717) is 11.6 Å². The number of benzene rings is 1. The Hall–Kier alpha value is -1.49. The fourth-order valence-corrected chi connectivity index (χ4v) is 4.97. The molecule has 142 valence electrons. The van der Waals surface area contributed by atoms with Crippen LogP contribution in [-0.2, 0) is 14.8 Å². The Bertz CT molecular complexity index is 809. The van der Waals surface area contributed by atoms with E-state index < -0.39 is 10.0 Å². The van der Waals surface area contributed by atoms with Gasteiger partial charge in [0.25, 0.3) is 0 Å². The number of aromatic nitrogens is 2. The first-order chi connectivity index (χ1) is 12.4. The number of thioether (sulfide) groups is 1. The topological polar surface area (TPSA) is 92.3 Å². The maximum absolute atomic E-state index is 12.4. The molecule has 26 heavy (non-hydrogen) atoms. The Morgan fingerprint density at radius 3 is 2.69 bits per heavy atom. The molecule has 0 unspecified atom stereocenters. The van der Waals surface area contributed by atoms with Crippen molar-refractivity contribution >= 4 is 44.2 Å². The largest absolute Gasteiger partial charge is 0.301 e. The van der Waals surface area contributed by atoms with Crippen LogP contribution in [0.1, 0.15) is 26.2 Å². The Morgan fingerprint density at radius 1 is 1.27 bits per heavy atom. The van der Waals surface area contributed by atoms with Crippen LogP contribution in [0.2, 0.25) is 0 Å². The van der Waals surface area contributed by atoms with Gasteiger partial charge in [0.2, 0.25) is 21.1 Å². The predicted octanol–water partition coefficient (Wildman–Crippen LogP) is 3.08. The van der Waals surface area contributed by atoms with Gasteiger partial charge in [-0.25, -0.2) is 12.7 Å². The Morgan fingerprint density at radius 2 is 2.00 bits per heavy atom. The first kappa shape index (κ1) is 20.8. The molecular formula is C16H22N4O3S3. The molecule has 10 heteroatoms. The maximum atomic E-state index is 12.4. The number of sulfonamides is 1. The summed E-state index contributed by atoms with van der Waals surface area (Å²) in [5.41, 5.74) is 0. The van der Waals surface area contributed by atoms with Crippen molar-refractivity contribution in [3.8, 4) is 0 Å². The van der Waals surface area contributed by atoms with E-state index in [0.717, 1.165) is 16.5 Å². The number of nitrogens with zero attached hydrogens (tertiary/aromatic N) is 3. The molecule has 0 saturated heterocycles. The van der Waals surface area contributed by atoms with Crippen LogP contribution < -0.4 is 5.32 Å². The normalized spacial score (nSPS) is 11.7. The predicted molar refractivity (Wildman–Crippen MR) is 105 cm³/mol. The molecule has 0 spiro atoms. The summed E-state index contributed by atoms with van der Waals surface area (Å²) < 4.78 is 26.9. The van der Waals surface area contributed by atoms with E-state index in [1.807, 2.05) is 0 Å². The van der Waals surface area contributed by atoms with Crippen LogP contribution in [0, 0.1) is 0 Å². The number of anilines is 1. The number of amides is 1. The molecule has 0 aliphatic heterocycles. The SMILES string of the molecule is CCCSc1nnc(NC(=O)CCCN(C)S(=O)(=O)c2ccccc2)s1. The van der Waals surface area contributed by atoms with Crippen molar-refractivity contribution in [2.75, 3.05) is 24.7 Å². The molecule has 0 radical (unpaired) electrons. The number of rotatable bonds is 10. The van der Waals surface area contributed by atoms with E-state index in [-0.39, 0.29) is 23.8 Å². The average molecular weight is 415 g/mol. The summed E-state index contributed by atoms with van der Waals surface area (Å²) in [6, 6.07) is 8.25. The smallest absolute Gasteiger partial charge is 0.242 e. The molecule has 0 bridgehead atoms. The lowest BCUT2D eigenvalue weighted by molar-refractivity contribution is -0.116. The molecule has 0 saturated carbocycles. The quantitative estimate of drug-likeness (QED) is 0.474. The summed E-state index contributed by atoms with van der Waals surface area (Å²) in [5, 5.41) is 11.1. The molecular weight excluding hydrogens is 392 g/mol. The zero-order valence-electron chi connectivity index (χ0n) is 14.7. The van der Waals surface area contributed by atoms with E-state index in [9.17, 15) is 13.2 Å². The molecule has 7 nitrogen and oxygen atoms in total. The van der Waals surface area contributed by atoms with Crippen LogP contribution in [-0.4, -0.2) is 48.2 Å². The monoisotopic (exact) mass is 414 g/mol. The van der Waals surface area contributed by atoms with Gasteiger partial charge in [0.05, 0.1) is 4.90 Å². The summed E-state index contributed by atoms with van der Waals surface area (Å²) >= 11 is 2.96. The second-order valence-electron chi connectivity index (χ2n) is 5.51. The third-order valence-electron chi connectivity index (χ3n) is 3.41. The molecule has 1 N–H and O–H groups in total. The minimum absolute atomic E-state index is 0.196. The Labute approximate surface area is 162 Å². The Balaban J connectivity index is 1.78. The standard InChI is InChI=1S/C16H22N4O3S3/c1-3-12-24-16-19-18-15(25-16)17-14(21)10-7-11-20(2)26(22,23)13-8-5-4-6-9-13/h4-6,8-9H,3,7,10-12H2,1-2H3,(H,17,18,21). The van der Waals surface area contributed by atoms with Gasteiger partial charge in [-0.3, -0.25) is 4.79 Å². The van der Waals surface area contributed by atoms with Gasteiger partial charge in [0.1, 0.15) is 0 Å². The van der Waals surface area contributed by atoms with Gasteiger partial charge in [-0.1, -0.05) is 48.2 Å². The molecule has 0 fully saturated rings. The van der Waals surface area contributed by atoms with Crippen molar-refractivity contribution in [1.82, 2.24) is 14.5 Å². The van der Waals surface area contributed by atoms with Gasteiger partial charge in [0, 0.05) is 25.8 Å². The summed E-state index contributed by atoms with van der Waals surface area (Å²) in [7, 11) is -2.01. The lowest BCUT2D eigenvalue weighted by Crippen LogP contribution is -2.28. The van der Waals surface area contributed by atoms with Crippen molar-refractivity contribution in [2.45, 2.75) is 35.4 Å². The summed E-state index contributed by atoms with van der Waals surface area (Å²) in [6.07, 6.45) is 1.68. The lowest BCUT2D eigenvalue weighted by Gasteiger charge is -2.16. The summed E-state index contributed by atoms with van der Waals surface area (Å²) in [5.74, 6) is 0.767. The molecule has 0 aliphatic carbocycles. The number of nitrogens with one attached hydrogen (secondary N) is 1. The third-order valence-corrected chi connectivity index (χ3v) is 7.46. The van der Waals surface area contributed by atoms with Gasteiger partial charge in [-0.15, -0.1) is 10.2 Å². The number of hydrogen-bond acceptors (Lipinski definition) is 7. The lowest BCUT2D eigenvalue weighted by atomic mass is 10.3. The fourth-order valence-electron chi connectivity index (χ4n) is 2.04. The molecule has 1 aromatic carbocycles. The van der Waals surface area contributed by atoms with Gasteiger partial charge in [-0.05, 0) is 25.0 Å². The highest BCUT2D eigenvalue weighted by molar-refractivity contribution is 8.01. The van der Waals surface area contributed by atoms with Crippen LogP contribution in [0.4, 0.5) is 5.13 Å². The maximum Gasteiger partial charge on any atom is 0.242 e. The van der Waals surface area contributed by atoms with Crippen LogP contribution >= 0.6 is 23.1 Å². The van der Waals surface area contributed by atoms with E-state index in [2.05, 4.69) is 22.4 Å². The highest BCUT2D eigenvalue weighted by atomic mass is 32.2. The molecule has 2 rings (SSSR count). The molecule has 0 aliphatic rings. The minimum Gasteiger partial charge on any atom is -0.301 e. The van der Waals surface area contributed by atoms with Crippen molar-refractivity contribution < 1.29 is 13.2 Å². The third kappa shape index (κ3) is 6.04. The highest BCUT2D eigenvalue weighted by Gasteiger charge is 2.20. The summed E-state index contributed by atoms with van der Waals surface area (Å²) in [6.45, 7) is 2.35. The van der Waals surface area contributed by atoms with E-state index in [1.165, 1.54) is 22.7 Å².